The third-order valence-electron chi connectivity index (χ3n) is 3.51. The van der Waals surface area contributed by atoms with E-state index in [1.54, 1.807) is 6.07 Å². The maximum atomic E-state index is 13.9. The van der Waals surface area contributed by atoms with Crippen LogP contribution in [0.4, 0.5) is 4.39 Å². The van der Waals surface area contributed by atoms with Gasteiger partial charge in [-0.15, -0.1) is 0 Å². The van der Waals surface area contributed by atoms with Crippen LogP contribution in [0.2, 0.25) is 5.02 Å². The summed E-state index contributed by atoms with van der Waals surface area (Å²) in [7, 11) is 0. The van der Waals surface area contributed by atoms with Crippen molar-refractivity contribution in [2.24, 2.45) is 5.92 Å². The van der Waals surface area contributed by atoms with Crippen molar-refractivity contribution in [3.8, 4) is 0 Å². The maximum Gasteiger partial charge on any atom is 0.128 e. The van der Waals surface area contributed by atoms with Crippen molar-refractivity contribution >= 4 is 43.5 Å². The smallest absolute Gasteiger partial charge is 0.128 e. The SMILES string of the molecule is CCOC1CC(CC(Br)c2cc(Cl)c(Br)cc2F)C1. The van der Waals surface area contributed by atoms with Gasteiger partial charge in [0.25, 0.3) is 0 Å². The lowest BCUT2D eigenvalue weighted by Gasteiger charge is -2.36. The van der Waals surface area contributed by atoms with Crippen molar-refractivity contribution in [1.82, 2.24) is 0 Å². The monoisotopic (exact) mass is 412 g/mol. The zero-order chi connectivity index (χ0) is 14.0. The molecular weight excluding hydrogens is 398 g/mol. The van der Waals surface area contributed by atoms with E-state index in [9.17, 15) is 4.39 Å². The van der Waals surface area contributed by atoms with Gasteiger partial charge in [-0.25, -0.2) is 4.39 Å². The van der Waals surface area contributed by atoms with E-state index in [0.717, 1.165) is 25.9 Å². The van der Waals surface area contributed by atoms with E-state index in [-0.39, 0.29) is 10.6 Å². The molecule has 1 aliphatic carbocycles. The van der Waals surface area contributed by atoms with E-state index in [1.165, 1.54) is 6.07 Å². The summed E-state index contributed by atoms with van der Waals surface area (Å²) in [5.41, 5.74) is 0.632. The first-order valence-electron chi connectivity index (χ1n) is 6.41. The molecule has 19 heavy (non-hydrogen) atoms. The molecule has 0 heterocycles. The predicted molar refractivity (Wildman–Crippen MR) is 83.5 cm³/mol. The molecule has 1 nitrogen and oxygen atoms in total. The molecule has 0 N–H and O–H groups in total. The third-order valence-corrected chi connectivity index (χ3v) is 5.58. The lowest BCUT2D eigenvalue weighted by Crippen LogP contribution is -2.31. The zero-order valence-electron chi connectivity index (χ0n) is 10.6. The largest absolute Gasteiger partial charge is 0.378 e. The fourth-order valence-corrected chi connectivity index (χ4v) is 3.80. The summed E-state index contributed by atoms with van der Waals surface area (Å²) in [6.07, 6.45) is 3.45. The molecule has 0 bridgehead atoms. The van der Waals surface area contributed by atoms with Crippen LogP contribution in [0.1, 0.15) is 36.6 Å². The normalized spacial score (nSPS) is 24.1. The average Bonchev–Trinajstić information content (AvgIpc) is 2.31. The highest BCUT2D eigenvalue weighted by Crippen LogP contribution is 2.42. The van der Waals surface area contributed by atoms with Crippen LogP contribution in [0.25, 0.3) is 0 Å². The van der Waals surface area contributed by atoms with Crippen LogP contribution in [-0.2, 0) is 4.74 Å². The second-order valence-corrected chi connectivity index (χ2v) is 7.27. The van der Waals surface area contributed by atoms with Crippen molar-refractivity contribution in [1.29, 1.82) is 0 Å². The Morgan fingerprint density at radius 1 is 1.47 bits per heavy atom. The molecule has 0 aromatic heterocycles. The Kier molecular flexibility index (Phi) is 5.70. The minimum Gasteiger partial charge on any atom is -0.378 e. The molecule has 2 rings (SSSR count). The molecule has 1 unspecified atom stereocenters. The lowest BCUT2D eigenvalue weighted by molar-refractivity contribution is -0.0265. The van der Waals surface area contributed by atoms with Crippen LogP contribution in [-0.4, -0.2) is 12.7 Å². The molecule has 1 aromatic carbocycles. The number of alkyl halides is 1. The van der Waals surface area contributed by atoms with Gasteiger partial charge in [0.1, 0.15) is 5.82 Å². The molecule has 1 aliphatic rings. The fourth-order valence-electron chi connectivity index (χ4n) is 2.44. The molecule has 0 saturated heterocycles. The Bertz CT molecular complexity index is 449. The average molecular weight is 415 g/mol. The number of rotatable bonds is 5. The number of hydrogen-bond acceptors (Lipinski definition) is 1. The molecule has 106 valence electrons. The molecule has 5 heteroatoms. The second-order valence-electron chi connectivity index (χ2n) is 4.91. The Labute approximate surface area is 135 Å². The van der Waals surface area contributed by atoms with Gasteiger partial charge < -0.3 is 4.74 Å². The van der Waals surface area contributed by atoms with Crippen LogP contribution < -0.4 is 0 Å². The zero-order valence-corrected chi connectivity index (χ0v) is 14.6. The van der Waals surface area contributed by atoms with Gasteiger partial charge in [0.05, 0.1) is 11.1 Å². The Morgan fingerprint density at radius 3 is 2.79 bits per heavy atom. The number of halogens is 4. The predicted octanol–water partition coefficient (Wildman–Crippen LogP) is 5.88. The molecule has 1 fully saturated rings. The van der Waals surface area contributed by atoms with Gasteiger partial charge in [0, 0.05) is 21.5 Å². The summed E-state index contributed by atoms with van der Waals surface area (Å²) in [5, 5.41) is 0.543. The summed E-state index contributed by atoms with van der Waals surface area (Å²) in [5.74, 6) is 0.376. The van der Waals surface area contributed by atoms with Crippen molar-refractivity contribution in [3.05, 3.63) is 33.0 Å². The highest BCUT2D eigenvalue weighted by atomic mass is 79.9. The van der Waals surface area contributed by atoms with Gasteiger partial charge in [-0.05, 0) is 60.2 Å². The molecule has 1 aromatic rings. The van der Waals surface area contributed by atoms with Gasteiger partial charge in [-0.3, -0.25) is 0 Å². The Balaban J connectivity index is 1.94. The van der Waals surface area contributed by atoms with Gasteiger partial charge in [0.2, 0.25) is 0 Å². The van der Waals surface area contributed by atoms with Crippen molar-refractivity contribution in [2.45, 2.75) is 37.1 Å². The minimum absolute atomic E-state index is 0.00526. The minimum atomic E-state index is -0.223. The van der Waals surface area contributed by atoms with E-state index >= 15 is 0 Å². The summed E-state index contributed by atoms with van der Waals surface area (Å²) in [6, 6.07) is 3.12. The first kappa shape index (κ1) is 15.7. The van der Waals surface area contributed by atoms with Crippen molar-refractivity contribution in [3.63, 3.8) is 0 Å². The molecule has 0 spiro atoms. The van der Waals surface area contributed by atoms with Crippen LogP contribution >= 0.6 is 43.5 Å². The molecule has 1 atom stereocenters. The van der Waals surface area contributed by atoms with E-state index in [2.05, 4.69) is 31.9 Å². The summed E-state index contributed by atoms with van der Waals surface area (Å²) in [6.45, 7) is 2.78. The summed E-state index contributed by atoms with van der Waals surface area (Å²) >= 11 is 12.8. The lowest BCUT2D eigenvalue weighted by atomic mass is 9.78. The van der Waals surface area contributed by atoms with Crippen LogP contribution in [0.5, 0.6) is 0 Å². The van der Waals surface area contributed by atoms with Gasteiger partial charge in [0.15, 0.2) is 0 Å². The molecular formula is C14H16Br2ClFO. The van der Waals surface area contributed by atoms with Crippen LogP contribution in [0.15, 0.2) is 16.6 Å². The molecule has 0 aliphatic heterocycles. The highest BCUT2D eigenvalue weighted by molar-refractivity contribution is 9.10. The Hall–Kier alpha value is 0.360. The van der Waals surface area contributed by atoms with Crippen LogP contribution in [0.3, 0.4) is 0 Å². The molecule has 0 radical (unpaired) electrons. The molecule has 1 saturated carbocycles. The fraction of sp³-hybridized carbons (Fsp3) is 0.571. The maximum absolute atomic E-state index is 13.9. The third kappa shape index (κ3) is 3.93. The molecule has 0 amide bonds. The van der Waals surface area contributed by atoms with Crippen LogP contribution in [0, 0.1) is 11.7 Å². The van der Waals surface area contributed by atoms with Gasteiger partial charge >= 0.3 is 0 Å². The number of benzene rings is 1. The first-order chi connectivity index (χ1) is 9.01. The van der Waals surface area contributed by atoms with E-state index in [4.69, 9.17) is 16.3 Å². The Morgan fingerprint density at radius 2 is 2.16 bits per heavy atom. The van der Waals surface area contributed by atoms with E-state index in [1.807, 2.05) is 6.92 Å². The summed E-state index contributed by atoms with van der Waals surface area (Å²) < 4.78 is 20.0. The summed E-state index contributed by atoms with van der Waals surface area (Å²) in [4.78, 5) is 0.00526. The standard InChI is InChI=1S/C14H16Br2ClFO/c1-2-19-9-3-8(4-9)5-11(15)10-6-13(17)12(16)7-14(10)18/h6-9,11H,2-5H2,1H3. The quantitative estimate of drug-likeness (QED) is 0.432. The van der Waals surface area contributed by atoms with Gasteiger partial charge in [-0.2, -0.15) is 0 Å². The van der Waals surface area contributed by atoms with E-state index < -0.39 is 0 Å². The van der Waals surface area contributed by atoms with Crippen molar-refractivity contribution in [2.75, 3.05) is 6.61 Å². The number of ether oxygens (including phenoxy) is 1. The van der Waals surface area contributed by atoms with E-state index in [0.29, 0.717) is 27.1 Å². The topological polar surface area (TPSA) is 9.23 Å². The second kappa shape index (κ2) is 6.88. The van der Waals surface area contributed by atoms with Gasteiger partial charge in [-0.1, -0.05) is 27.5 Å². The first-order valence-corrected chi connectivity index (χ1v) is 8.50. The highest BCUT2D eigenvalue weighted by Gasteiger charge is 2.31. The number of hydrogen-bond donors (Lipinski definition) is 0. The van der Waals surface area contributed by atoms with Crippen molar-refractivity contribution < 1.29 is 9.13 Å².